The Labute approximate surface area is 178 Å². The molecule has 0 spiro atoms. The molecule has 3 aromatic rings. The number of nitrogens with zero attached hydrogens (tertiary/aromatic N) is 3. The zero-order valence-electron chi connectivity index (χ0n) is 15.5. The van der Waals surface area contributed by atoms with E-state index in [2.05, 4.69) is 10.5 Å². The number of hydrazine groups is 1. The van der Waals surface area contributed by atoms with E-state index in [4.69, 9.17) is 23.2 Å². The van der Waals surface area contributed by atoms with Crippen molar-refractivity contribution < 1.29 is 9.18 Å². The van der Waals surface area contributed by atoms with Crippen molar-refractivity contribution in [1.82, 2.24) is 20.2 Å². The van der Waals surface area contributed by atoms with Gasteiger partial charge in [0.25, 0.3) is 5.91 Å². The van der Waals surface area contributed by atoms with Crippen LogP contribution in [0.15, 0.2) is 48.7 Å². The minimum absolute atomic E-state index is 0.262. The molecule has 0 saturated carbocycles. The number of benzene rings is 2. The third-order valence-electron chi connectivity index (χ3n) is 4.89. The number of hydrogen-bond acceptors (Lipinski definition) is 3. The first kappa shape index (κ1) is 19.9. The van der Waals surface area contributed by atoms with E-state index in [1.807, 2.05) is 5.01 Å². The normalized spacial score (nSPS) is 14.7. The van der Waals surface area contributed by atoms with Crippen LogP contribution in [0.25, 0.3) is 16.9 Å². The number of hydrogen-bond donors (Lipinski definition) is 1. The molecule has 0 atom stereocenters. The van der Waals surface area contributed by atoms with Crippen LogP contribution >= 0.6 is 23.2 Å². The lowest BCUT2D eigenvalue weighted by Crippen LogP contribution is -2.45. The van der Waals surface area contributed by atoms with Gasteiger partial charge in [0.1, 0.15) is 5.82 Å². The maximum atomic E-state index is 13.5. The Morgan fingerprint density at radius 3 is 2.45 bits per heavy atom. The molecule has 1 saturated heterocycles. The van der Waals surface area contributed by atoms with Crippen LogP contribution in [0.1, 0.15) is 29.6 Å². The molecule has 1 aliphatic heterocycles. The first-order valence-electron chi connectivity index (χ1n) is 9.38. The summed E-state index contributed by atoms with van der Waals surface area (Å²) in [4.78, 5) is 13.0. The third-order valence-corrected chi connectivity index (χ3v) is 5.42. The van der Waals surface area contributed by atoms with E-state index in [0.29, 0.717) is 32.6 Å². The first-order chi connectivity index (χ1) is 14.0. The van der Waals surface area contributed by atoms with Gasteiger partial charge in [-0.3, -0.25) is 10.2 Å². The summed E-state index contributed by atoms with van der Waals surface area (Å²) >= 11 is 12.4. The van der Waals surface area contributed by atoms with Gasteiger partial charge in [0.05, 0.1) is 28.2 Å². The molecule has 1 N–H and O–H groups in total. The van der Waals surface area contributed by atoms with Crippen molar-refractivity contribution in [3.63, 3.8) is 0 Å². The average Bonchev–Trinajstić information content (AvgIpc) is 3.14. The number of piperidine rings is 1. The van der Waals surface area contributed by atoms with Gasteiger partial charge in [-0.25, -0.2) is 14.1 Å². The summed E-state index contributed by atoms with van der Waals surface area (Å²) < 4.78 is 15.1. The Morgan fingerprint density at radius 1 is 1.03 bits per heavy atom. The largest absolute Gasteiger partial charge is 0.285 e. The van der Waals surface area contributed by atoms with Gasteiger partial charge in [-0.05, 0) is 55.3 Å². The van der Waals surface area contributed by atoms with Crippen LogP contribution < -0.4 is 5.43 Å². The van der Waals surface area contributed by atoms with Crippen molar-refractivity contribution in [2.45, 2.75) is 19.3 Å². The summed E-state index contributed by atoms with van der Waals surface area (Å²) in [7, 11) is 0. The molecular weight excluding hydrogens is 414 g/mol. The number of rotatable bonds is 4. The number of carbonyl (C=O) groups excluding carboxylic acids is 1. The molecular formula is C21H19Cl2FN4O. The molecule has 8 heteroatoms. The second kappa shape index (κ2) is 8.53. The molecule has 0 radical (unpaired) electrons. The quantitative estimate of drug-likeness (QED) is 0.622. The van der Waals surface area contributed by atoms with E-state index in [1.54, 1.807) is 35.0 Å². The molecule has 2 heterocycles. The van der Waals surface area contributed by atoms with E-state index in [9.17, 15) is 9.18 Å². The van der Waals surface area contributed by atoms with E-state index >= 15 is 0 Å². The second-order valence-electron chi connectivity index (χ2n) is 6.91. The van der Waals surface area contributed by atoms with Gasteiger partial charge in [0.15, 0.2) is 0 Å². The standard InChI is InChI=1S/C21H19Cl2FN4O/c22-15-6-9-19(18(23)12-15)28-20(14-4-7-16(24)8-5-14)17(13-25-28)21(29)26-27-10-2-1-3-11-27/h4-9,12-13H,1-3,10-11H2,(H,26,29). The van der Waals surface area contributed by atoms with Crippen LogP contribution in [-0.4, -0.2) is 33.8 Å². The van der Waals surface area contributed by atoms with Crippen molar-refractivity contribution >= 4 is 29.1 Å². The summed E-state index contributed by atoms with van der Waals surface area (Å²) in [5, 5.41) is 7.22. The molecule has 0 bridgehead atoms. The number of amides is 1. The number of aromatic nitrogens is 2. The molecule has 5 nitrogen and oxygen atoms in total. The smallest absolute Gasteiger partial charge is 0.269 e. The van der Waals surface area contributed by atoms with E-state index in [-0.39, 0.29) is 11.7 Å². The lowest BCUT2D eigenvalue weighted by molar-refractivity contribution is 0.0751. The Kier molecular flexibility index (Phi) is 5.85. The highest BCUT2D eigenvalue weighted by Crippen LogP contribution is 2.31. The highest BCUT2D eigenvalue weighted by atomic mass is 35.5. The summed E-state index contributed by atoms with van der Waals surface area (Å²) in [5.41, 5.74) is 5.10. The fraction of sp³-hybridized carbons (Fsp3) is 0.238. The Bertz CT molecular complexity index is 1030. The lowest BCUT2D eigenvalue weighted by atomic mass is 10.1. The van der Waals surface area contributed by atoms with Gasteiger partial charge in [-0.2, -0.15) is 5.10 Å². The van der Waals surface area contributed by atoms with Crippen LogP contribution in [-0.2, 0) is 0 Å². The van der Waals surface area contributed by atoms with Crippen LogP contribution in [0, 0.1) is 5.82 Å². The topological polar surface area (TPSA) is 50.2 Å². The monoisotopic (exact) mass is 432 g/mol. The van der Waals surface area contributed by atoms with E-state index in [0.717, 1.165) is 25.9 Å². The molecule has 29 heavy (non-hydrogen) atoms. The van der Waals surface area contributed by atoms with Crippen molar-refractivity contribution in [1.29, 1.82) is 0 Å². The third kappa shape index (κ3) is 4.29. The van der Waals surface area contributed by atoms with Crippen LogP contribution in [0.4, 0.5) is 4.39 Å². The maximum absolute atomic E-state index is 13.5. The lowest BCUT2D eigenvalue weighted by Gasteiger charge is -2.26. The molecule has 1 aliphatic rings. The second-order valence-corrected chi connectivity index (χ2v) is 7.75. The van der Waals surface area contributed by atoms with Gasteiger partial charge in [0, 0.05) is 23.7 Å². The van der Waals surface area contributed by atoms with Gasteiger partial charge >= 0.3 is 0 Å². The fourth-order valence-electron chi connectivity index (χ4n) is 3.45. The predicted molar refractivity (Wildman–Crippen MR) is 112 cm³/mol. The first-order valence-corrected chi connectivity index (χ1v) is 10.1. The molecule has 4 rings (SSSR count). The van der Waals surface area contributed by atoms with Crippen molar-refractivity contribution in [2.75, 3.05) is 13.1 Å². The number of nitrogens with one attached hydrogen (secondary N) is 1. The highest BCUT2D eigenvalue weighted by molar-refractivity contribution is 6.35. The van der Waals surface area contributed by atoms with E-state index in [1.165, 1.54) is 24.8 Å². The Hall–Kier alpha value is -2.41. The van der Waals surface area contributed by atoms with E-state index < -0.39 is 0 Å². The Morgan fingerprint density at radius 2 is 1.76 bits per heavy atom. The van der Waals surface area contributed by atoms with Crippen LogP contribution in [0.3, 0.4) is 0 Å². The summed E-state index contributed by atoms with van der Waals surface area (Å²) in [5.74, 6) is -0.619. The molecule has 0 unspecified atom stereocenters. The van der Waals surface area contributed by atoms with Gasteiger partial charge in [-0.15, -0.1) is 0 Å². The van der Waals surface area contributed by atoms with Crippen LogP contribution in [0.5, 0.6) is 0 Å². The zero-order valence-corrected chi connectivity index (χ0v) is 17.0. The minimum atomic E-state index is -0.358. The van der Waals surface area contributed by atoms with Gasteiger partial charge in [-0.1, -0.05) is 29.6 Å². The fourth-order valence-corrected chi connectivity index (χ4v) is 3.93. The molecule has 1 fully saturated rings. The minimum Gasteiger partial charge on any atom is -0.285 e. The molecule has 0 aliphatic carbocycles. The zero-order chi connectivity index (χ0) is 20.4. The molecule has 1 amide bonds. The average molecular weight is 433 g/mol. The highest BCUT2D eigenvalue weighted by Gasteiger charge is 2.23. The Balaban J connectivity index is 1.78. The van der Waals surface area contributed by atoms with Crippen molar-refractivity contribution in [3.05, 3.63) is 70.1 Å². The maximum Gasteiger partial charge on any atom is 0.269 e. The molecule has 150 valence electrons. The number of halogens is 3. The van der Waals surface area contributed by atoms with Crippen molar-refractivity contribution in [2.24, 2.45) is 0 Å². The summed E-state index contributed by atoms with van der Waals surface area (Å²) in [6.07, 6.45) is 4.76. The summed E-state index contributed by atoms with van der Waals surface area (Å²) in [6, 6.07) is 11.0. The van der Waals surface area contributed by atoms with Gasteiger partial charge in [0.2, 0.25) is 0 Å². The van der Waals surface area contributed by atoms with Crippen LogP contribution in [0.2, 0.25) is 10.0 Å². The number of carbonyl (C=O) groups is 1. The molecule has 1 aromatic heterocycles. The summed E-state index contributed by atoms with van der Waals surface area (Å²) in [6.45, 7) is 1.63. The predicted octanol–water partition coefficient (Wildman–Crippen LogP) is 5.12. The SMILES string of the molecule is O=C(NN1CCCCC1)c1cnn(-c2ccc(Cl)cc2Cl)c1-c1ccc(F)cc1. The molecule has 2 aromatic carbocycles. The van der Waals surface area contributed by atoms with Crippen molar-refractivity contribution in [3.8, 4) is 16.9 Å². The van der Waals surface area contributed by atoms with Gasteiger partial charge < -0.3 is 0 Å².